The number of nitro groups is 1. The molecular formula is C22H21FN4O4. The number of carbonyl (C=O) groups is 1. The molecule has 1 saturated heterocycles. The Morgan fingerprint density at radius 1 is 1.10 bits per heavy atom. The lowest BCUT2D eigenvalue weighted by atomic mass is 10.2. The highest BCUT2D eigenvalue weighted by Crippen LogP contribution is 2.28. The number of rotatable bonds is 6. The van der Waals surface area contributed by atoms with Gasteiger partial charge in [0.1, 0.15) is 11.5 Å². The van der Waals surface area contributed by atoms with Gasteiger partial charge in [0.2, 0.25) is 5.91 Å². The molecule has 1 aromatic heterocycles. The van der Waals surface area contributed by atoms with E-state index in [9.17, 15) is 19.3 Å². The van der Waals surface area contributed by atoms with Crippen LogP contribution in [0, 0.1) is 15.9 Å². The lowest BCUT2D eigenvalue weighted by Gasteiger charge is -2.35. The van der Waals surface area contributed by atoms with Crippen molar-refractivity contribution in [3.8, 4) is 11.3 Å². The Bertz CT molecular complexity index is 1080. The summed E-state index contributed by atoms with van der Waals surface area (Å²) in [5.74, 6) is 0.645. The molecule has 4 rings (SSSR count). The minimum atomic E-state index is -0.385. The molecule has 1 aliphatic heterocycles. The van der Waals surface area contributed by atoms with Crippen LogP contribution in [0.3, 0.4) is 0 Å². The normalized spacial score (nSPS) is 14.0. The van der Waals surface area contributed by atoms with Crippen molar-refractivity contribution in [2.75, 3.05) is 31.1 Å². The topological polar surface area (TPSA) is 92.7 Å². The Morgan fingerprint density at radius 3 is 2.52 bits per heavy atom. The van der Waals surface area contributed by atoms with Gasteiger partial charge in [-0.25, -0.2) is 9.37 Å². The first-order valence-electron chi connectivity index (χ1n) is 9.98. The van der Waals surface area contributed by atoms with Crippen molar-refractivity contribution in [2.24, 2.45) is 0 Å². The van der Waals surface area contributed by atoms with Crippen molar-refractivity contribution in [1.82, 2.24) is 9.88 Å². The molecule has 2 aromatic carbocycles. The van der Waals surface area contributed by atoms with Crippen LogP contribution in [0.5, 0.6) is 0 Å². The molecule has 3 aromatic rings. The van der Waals surface area contributed by atoms with Gasteiger partial charge in [0.05, 0.1) is 11.1 Å². The van der Waals surface area contributed by atoms with E-state index >= 15 is 0 Å². The van der Waals surface area contributed by atoms with Gasteiger partial charge >= 0.3 is 0 Å². The van der Waals surface area contributed by atoms with Crippen LogP contribution in [0.15, 0.2) is 59.1 Å². The van der Waals surface area contributed by atoms with E-state index in [1.54, 1.807) is 41.4 Å². The summed E-state index contributed by atoms with van der Waals surface area (Å²) in [4.78, 5) is 31.4. The number of piperazine rings is 1. The maximum Gasteiger partial charge on any atom is 0.292 e. The average Bonchev–Trinajstić information content (AvgIpc) is 3.27. The van der Waals surface area contributed by atoms with E-state index in [2.05, 4.69) is 4.98 Å². The molecule has 1 aliphatic rings. The highest BCUT2D eigenvalue weighted by Gasteiger charge is 2.25. The number of amides is 1. The van der Waals surface area contributed by atoms with Crippen molar-refractivity contribution < 1.29 is 18.5 Å². The predicted molar refractivity (Wildman–Crippen MR) is 112 cm³/mol. The second-order valence-electron chi connectivity index (χ2n) is 7.24. The maximum atomic E-state index is 13.0. The first kappa shape index (κ1) is 20.5. The monoisotopic (exact) mass is 424 g/mol. The molecule has 1 amide bonds. The standard InChI is InChI=1S/C22H21FN4O4/c23-17-7-5-16(6-8-17)20-15-24-21(31-20)9-10-22(28)26-13-11-25(12-14-26)18-3-1-2-4-19(18)27(29)30/h1-8,15H,9-14H2. The van der Waals surface area contributed by atoms with E-state index in [1.807, 2.05) is 4.90 Å². The van der Waals surface area contributed by atoms with E-state index in [0.29, 0.717) is 49.9 Å². The summed E-state index contributed by atoms with van der Waals surface area (Å²) >= 11 is 0. The molecule has 0 spiro atoms. The van der Waals surface area contributed by atoms with Gasteiger partial charge in [0.15, 0.2) is 11.7 Å². The predicted octanol–water partition coefficient (Wildman–Crippen LogP) is 3.67. The van der Waals surface area contributed by atoms with Crippen molar-refractivity contribution in [3.05, 3.63) is 76.6 Å². The van der Waals surface area contributed by atoms with Gasteiger partial charge in [-0.1, -0.05) is 12.1 Å². The van der Waals surface area contributed by atoms with Crippen molar-refractivity contribution in [3.63, 3.8) is 0 Å². The highest BCUT2D eigenvalue weighted by molar-refractivity contribution is 5.77. The molecule has 1 fully saturated rings. The number of nitro benzene ring substituents is 1. The fraction of sp³-hybridized carbons (Fsp3) is 0.273. The lowest BCUT2D eigenvalue weighted by molar-refractivity contribution is -0.384. The summed E-state index contributed by atoms with van der Waals surface area (Å²) in [6.07, 6.45) is 2.19. The summed E-state index contributed by atoms with van der Waals surface area (Å²) in [7, 11) is 0. The van der Waals surface area contributed by atoms with Gasteiger partial charge in [-0.2, -0.15) is 0 Å². The minimum absolute atomic E-state index is 0.0104. The molecule has 0 saturated carbocycles. The van der Waals surface area contributed by atoms with Gasteiger partial charge < -0.3 is 14.2 Å². The summed E-state index contributed by atoms with van der Waals surface area (Å²) in [5, 5.41) is 11.2. The summed E-state index contributed by atoms with van der Waals surface area (Å²) in [6, 6.07) is 12.6. The first-order chi connectivity index (χ1) is 15.0. The number of para-hydroxylation sites is 2. The molecule has 0 radical (unpaired) electrons. The summed E-state index contributed by atoms with van der Waals surface area (Å²) < 4.78 is 18.7. The minimum Gasteiger partial charge on any atom is -0.441 e. The molecule has 0 N–H and O–H groups in total. The molecule has 0 atom stereocenters. The number of benzene rings is 2. The number of carbonyl (C=O) groups excluding carboxylic acids is 1. The van der Waals surface area contributed by atoms with Crippen LogP contribution in [0.1, 0.15) is 12.3 Å². The maximum absolute atomic E-state index is 13.0. The summed E-state index contributed by atoms with van der Waals surface area (Å²) in [6.45, 7) is 2.06. The molecule has 2 heterocycles. The van der Waals surface area contributed by atoms with Gasteiger partial charge in [-0.3, -0.25) is 14.9 Å². The number of halogens is 1. The highest BCUT2D eigenvalue weighted by atomic mass is 19.1. The van der Waals surface area contributed by atoms with E-state index in [0.717, 1.165) is 5.56 Å². The Hall–Kier alpha value is -3.75. The van der Waals surface area contributed by atoms with Crippen LogP contribution in [-0.4, -0.2) is 46.9 Å². The van der Waals surface area contributed by atoms with Crippen molar-refractivity contribution in [2.45, 2.75) is 12.8 Å². The number of oxazole rings is 1. The number of nitrogens with zero attached hydrogens (tertiary/aromatic N) is 4. The Balaban J connectivity index is 1.30. The quantitative estimate of drug-likeness (QED) is 0.443. The van der Waals surface area contributed by atoms with E-state index in [-0.39, 0.29) is 28.8 Å². The lowest BCUT2D eigenvalue weighted by Crippen LogP contribution is -2.49. The molecule has 8 nitrogen and oxygen atoms in total. The molecule has 0 aliphatic carbocycles. The Morgan fingerprint density at radius 2 is 1.81 bits per heavy atom. The van der Waals surface area contributed by atoms with Gasteiger partial charge in [0, 0.05) is 50.7 Å². The number of anilines is 1. The fourth-order valence-electron chi connectivity index (χ4n) is 3.63. The van der Waals surface area contributed by atoms with E-state index < -0.39 is 0 Å². The molecular weight excluding hydrogens is 403 g/mol. The van der Waals surface area contributed by atoms with Crippen LogP contribution < -0.4 is 4.90 Å². The van der Waals surface area contributed by atoms with Crippen LogP contribution in [0.25, 0.3) is 11.3 Å². The van der Waals surface area contributed by atoms with Crippen molar-refractivity contribution >= 4 is 17.3 Å². The number of hydrogen-bond donors (Lipinski definition) is 0. The van der Waals surface area contributed by atoms with Gasteiger partial charge in [-0.15, -0.1) is 0 Å². The second kappa shape index (κ2) is 8.95. The third-order valence-electron chi connectivity index (χ3n) is 5.29. The molecule has 0 unspecified atom stereocenters. The average molecular weight is 424 g/mol. The molecule has 31 heavy (non-hydrogen) atoms. The fourth-order valence-corrected chi connectivity index (χ4v) is 3.63. The van der Waals surface area contributed by atoms with E-state index in [4.69, 9.17) is 4.42 Å². The summed E-state index contributed by atoms with van der Waals surface area (Å²) in [5.41, 5.74) is 1.37. The largest absolute Gasteiger partial charge is 0.441 e. The first-order valence-corrected chi connectivity index (χ1v) is 9.98. The van der Waals surface area contributed by atoms with Crippen molar-refractivity contribution in [1.29, 1.82) is 0 Å². The third kappa shape index (κ3) is 4.71. The zero-order valence-corrected chi connectivity index (χ0v) is 16.7. The second-order valence-corrected chi connectivity index (χ2v) is 7.24. The Kier molecular flexibility index (Phi) is 5.92. The van der Waals surface area contributed by atoms with Gasteiger partial charge in [0.25, 0.3) is 5.69 Å². The molecule has 9 heteroatoms. The van der Waals surface area contributed by atoms with Crippen LogP contribution in [0.2, 0.25) is 0 Å². The number of aromatic nitrogens is 1. The van der Waals surface area contributed by atoms with Crippen LogP contribution >= 0.6 is 0 Å². The zero-order valence-electron chi connectivity index (χ0n) is 16.7. The number of aryl methyl sites for hydroxylation is 1. The number of hydrogen-bond acceptors (Lipinski definition) is 6. The smallest absolute Gasteiger partial charge is 0.292 e. The molecule has 0 bridgehead atoms. The van der Waals surface area contributed by atoms with E-state index in [1.165, 1.54) is 18.2 Å². The Labute approximate surface area is 178 Å². The van der Waals surface area contributed by atoms with Crippen LogP contribution in [-0.2, 0) is 11.2 Å². The molecule has 160 valence electrons. The van der Waals surface area contributed by atoms with Gasteiger partial charge in [-0.05, 0) is 30.3 Å². The third-order valence-corrected chi connectivity index (χ3v) is 5.29. The SMILES string of the molecule is O=C(CCc1ncc(-c2ccc(F)cc2)o1)N1CCN(c2ccccc2[N+](=O)[O-])CC1. The zero-order chi connectivity index (χ0) is 21.8. The van der Waals surface area contributed by atoms with Crippen LogP contribution in [0.4, 0.5) is 15.8 Å².